The van der Waals surface area contributed by atoms with Crippen LogP contribution >= 0.6 is 0 Å². The third-order valence-electron chi connectivity index (χ3n) is 4.80. The highest BCUT2D eigenvalue weighted by Gasteiger charge is 2.35. The summed E-state index contributed by atoms with van der Waals surface area (Å²) in [5, 5.41) is 7.05. The van der Waals surface area contributed by atoms with Crippen molar-refractivity contribution in [3.63, 3.8) is 0 Å². The molecule has 2 amide bonds. The van der Waals surface area contributed by atoms with Gasteiger partial charge in [-0.2, -0.15) is 5.10 Å². The first-order valence-corrected chi connectivity index (χ1v) is 9.10. The second kappa shape index (κ2) is 7.64. The highest BCUT2D eigenvalue weighted by atomic mass is 19.1. The molecule has 0 unspecified atom stereocenters. The number of nitrogens with one attached hydrogen (secondary N) is 1. The van der Waals surface area contributed by atoms with E-state index in [-0.39, 0.29) is 11.5 Å². The number of amides is 2. The van der Waals surface area contributed by atoms with Crippen molar-refractivity contribution in [3.8, 4) is 5.69 Å². The summed E-state index contributed by atoms with van der Waals surface area (Å²) >= 11 is 0. The zero-order valence-electron chi connectivity index (χ0n) is 15.1. The van der Waals surface area contributed by atoms with Gasteiger partial charge in [-0.3, -0.25) is 9.59 Å². The number of hydrogen-bond donors (Lipinski definition) is 1. The number of hydrogen-bond acceptors (Lipinski definition) is 3. The Morgan fingerprint density at radius 2 is 1.96 bits per heavy atom. The first-order valence-electron chi connectivity index (χ1n) is 9.10. The van der Waals surface area contributed by atoms with Crippen LogP contribution < -0.4 is 5.32 Å². The Balaban J connectivity index is 1.51. The Morgan fingerprint density at radius 1 is 1.11 bits per heavy atom. The summed E-state index contributed by atoms with van der Waals surface area (Å²) in [6.07, 6.45) is 4.74. The molecule has 0 aliphatic carbocycles. The third kappa shape index (κ3) is 3.51. The molecule has 1 atom stereocenters. The van der Waals surface area contributed by atoms with Crippen LogP contribution in [0.3, 0.4) is 0 Å². The summed E-state index contributed by atoms with van der Waals surface area (Å²) in [6, 6.07) is 14.3. The van der Waals surface area contributed by atoms with Crippen molar-refractivity contribution in [2.24, 2.45) is 0 Å². The Labute approximate surface area is 161 Å². The van der Waals surface area contributed by atoms with E-state index in [9.17, 15) is 14.0 Å². The average molecular weight is 378 g/mol. The van der Waals surface area contributed by atoms with Crippen LogP contribution in [0.5, 0.6) is 0 Å². The predicted molar refractivity (Wildman–Crippen MR) is 103 cm³/mol. The molecule has 1 aromatic heterocycles. The lowest BCUT2D eigenvalue weighted by Crippen LogP contribution is -2.43. The topological polar surface area (TPSA) is 67.2 Å². The summed E-state index contributed by atoms with van der Waals surface area (Å²) in [7, 11) is 0. The molecule has 1 aliphatic rings. The standard InChI is InChI=1S/C21H19FN4O2/c22-18-9-2-1-8-17(18)21(28)25-12-4-10-19(25)20(27)24-15-6-3-7-16(14-15)26-13-5-11-23-26/h1-3,5-9,11,13-14,19H,4,10,12H2,(H,24,27)/t19-/m1/s1. The first-order chi connectivity index (χ1) is 13.6. The van der Waals surface area contributed by atoms with Crippen molar-refractivity contribution in [1.29, 1.82) is 0 Å². The van der Waals surface area contributed by atoms with Gasteiger partial charge in [0.1, 0.15) is 11.9 Å². The minimum Gasteiger partial charge on any atom is -0.327 e. The maximum atomic E-state index is 14.0. The van der Waals surface area contributed by atoms with Gasteiger partial charge >= 0.3 is 0 Å². The number of halogens is 1. The van der Waals surface area contributed by atoms with Crippen LogP contribution in [0.4, 0.5) is 10.1 Å². The quantitative estimate of drug-likeness (QED) is 0.758. The molecule has 7 heteroatoms. The molecule has 6 nitrogen and oxygen atoms in total. The molecular weight excluding hydrogens is 359 g/mol. The number of benzene rings is 2. The van der Waals surface area contributed by atoms with Crippen molar-refractivity contribution in [1.82, 2.24) is 14.7 Å². The van der Waals surface area contributed by atoms with Crippen LogP contribution in [0.1, 0.15) is 23.2 Å². The number of likely N-dealkylation sites (tertiary alicyclic amines) is 1. The maximum absolute atomic E-state index is 14.0. The molecule has 142 valence electrons. The highest BCUT2D eigenvalue weighted by Crippen LogP contribution is 2.23. The monoisotopic (exact) mass is 378 g/mol. The third-order valence-corrected chi connectivity index (χ3v) is 4.80. The molecule has 3 aromatic rings. The fraction of sp³-hybridized carbons (Fsp3) is 0.190. The van der Waals surface area contributed by atoms with Gasteiger partial charge in [-0.05, 0) is 49.2 Å². The molecule has 1 aliphatic heterocycles. The largest absolute Gasteiger partial charge is 0.327 e. The Hall–Kier alpha value is -3.48. The lowest BCUT2D eigenvalue weighted by molar-refractivity contribution is -0.119. The minimum absolute atomic E-state index is 0.0112. The zero-order valence-corrected chi connectivity index (χ0v) is 15.1. The van der Waals surface area contributed by atoms with Crippen LogP contribution in [0.15, 0.2) is 67.0 Å². The lowest BCUT2D eigenvalue weighted by Gasteiger charge is -2.24. The van der Waals surface area contributed by atoms with Crippen LogP contribution in [0.2, 0.25) is 0 Å². The van der Waals surface area contributed by atoms with Gasteiger partial charge in [0, 0.05) is 24.6 Å². The fourth-order valence-electron chi connectivity index (χ4n) is 3.45. The van der Waals surface area contributed by atoms with Gasteiger partial charge in [-0.25, -0.2) is 9.07 Å². The molecule has 1 fully saturated rings. The molecule has 4 rings (SSSR count). The van der Waals surface area contributed by atoms with Gasteiger partial charge in [-0.1, -0.05) is 18.2 Å². The molecule has 0 saturated carbocycles. The van der Waals surface area contributed by atoms with E-state index in [1.54, 1.807) is 23.0 Å². The number of aromatic nitrogens is 2. The molecule has 28 heavy (non-hydrogen) atoms. The number of carbonyl (C=O) groups is 2. The normalized spacial score (nSPS) is 16.2. The Morgan fingerprint density at radius 3 is 2.75 bits per heavy atom. The van der Waals surface area contributed by atoms with E-state index in [1.165, 1.54) is 23.1 Å². The van der Waals surface area contributed by atoms with Gasteiger partial charge in [0.05, 0.1) is 11.3 Å². The minimum atomic E-state index is -0.625. The Bertz CT molecular complexity index is 1000. The van der Waals surface area contributed by atoms with Gasteiger partial charge in [0.25, 0.3) is 5.91 Å². The van der Waals surface area contributed by atoms with Crippen molar-refractivity contribution in [3.05, 3.63) is 78.4 Å². The summed E-state index contributed by atoms with van der Waals surface area (Å²) in [4.78, 5) is 27.0. The number of rotatable bonds is 4. The summed E-state index contributed by atoms with van der Waals surface area (Å²) < 4.78 is 15.7. The summed E-state index contributed by atoms with van der Waals surface area (Å²) in [5.74, 6) is -1.31. The smallest absolute Gasteiger partial charge is 0.257 e. The van der Waals surface area contributed by atoms with Gasteiger partial charge in [0.15, 0.2) is 0 Å². The lowest BCUT2D eigenvalue weighted by atomic mass is 10.1. The molecule has 2 heterocycles. The SMILES string of the molecule is O=C(Nc1cccc(-n2cccn2)c1)[C@H]1CCCN1C(=O)c1ccccc1F. The predicted octanol–water partition coefficient (Wildman–Crippen LogP) is 3.25. The van der Waals surface area contributed by atoms with Crippen LogP contribution in [-0.2, 0) is 4.79 Å². The second-order valence-electron chi connectivity index (χ2n) is 6.63. The van der Waals surface area contributed by atoms with E-state index in [1.807, 2.05) is 30.5 Å². The van der Waals surface area contributed by atoms with Crippen LogP contribution in [0, 0.1) is 5.82 Å². The van der Waals surface area contributed by atoms with Crippen LogP contribution in [0.25, 0.3) is 5.69 Å². The van der Waals surface area contributed by atoms with E-state index in [0.29, 0.717) is 25.1 Å². The van der Waals surface area contributed by atoms with Gasteiger partial charge in [0.2, 0.25) is 5.91 Å². The molecule has 0 bridgehead atoms. The fourth-order valence-corrected chi connectivity index (χ4v) is 3.45. The first kappa shape index (κ1) is 17.9. The molecular formula is C21H19FN4O2. The van der Waals surface area contributed by atoms with Gasteiger partial charge < -0.3 is 10.2 Å². The maximum Gasteiger partial charge on any atom is 0.257 e. The van der Waals surface area contributed by atoms with E-state index in [0.717, 1.165) is 5.69 Å². The van der Waals surface area contributed by atoms with E-state index >= 15 is 0 Å². The average Bonchev–Trinajstić information content (AvgIpc) is 3.40. The van der Waals surface area contributed by atoms with E-state index in [4.69, 9.17) is 0 Å². The van der Waals surface area contributed by atoms with E-state index in [2.05, 4.69) is 10.4 Å². The van der Waals surface area contributed by atoms with Crippen molar-refractivity contribution < 1.29 is 14.0 Å². The number of anilines is 1. The zero-order chi connectivity index (χ0) is 19.5. The molecule has 2 aromatic carbocycles. The van der Waals surface area contributed by atoms with Crippen LogP contribution in [-0.4, -0.2) is 39.1 Å². The number of carbonyl (C=O) groups excluding carboxylic acids is 2. The summed E-state index contributed by atoms with van der Waals surface area (Å²) in [5.41, 5.74) is 1.42. The van der Waals surface area contributed by atoms with Crippen molar-refractivity contribution >= 4 is 17.5 Å². The van der Waals surface area contributed by atoms with Gasteiger partial charge in [-0.15, -0.1) is 0 Å². The molecule has 1 N–H and O–H groups in total. The van der Waals surface area contributed by atoms with Crippen molar-refractivity contribution in [2.75, 3.05) is 11.9 Å². The second-order valence-corrected chi connectivity index (χ2v) is 6.63. The molecule has 1 saturated heterocycles. The van der Waals surface area contributed by atoms with E-state index < -0.39 is 17.8 Å². The summed E-state index contributed by atoms with van der Waals surface area (Å²) in [6.45, 7) is 0.429. The Kier molecular flexibility index (Phi) is 4.89. The molecule has 0 spiro atoms. The number of nitrogens with zero attached hydrogens (tertiary/aromatic N) is 3. The molecule has 0 radical (unpaired) electrons. The highest BCUT2D eigenvalue weighted by molar-refractivity contribution is 6.01. The van der Waals surface area contributed by atoms with Crippen molar-refractivity contribution in [2.45, 2.75) is 18.9 Å².